The second kappa shape index (κ2) is 4.35. The molecule has 0 saturated heterocycles. The summed E-state index contributed by atoms with van der Waals surface area (Å²) in [4.78, 5) is 0. The molecule has 1 nitrogen and oxygen atoms in total. The van der Waals surface area contributed by atoms with E-state index in [0.29, 0.717) is 0 Å². The van der Waals surface area contributed by atoms with Crippen molar-refractivity contribution in [2.24, 2.45) is 0 Å². The first-order valence-electron chi connectivity index (χ1n) is 5.31. The first-order valence-corrected chi connectivity index (χ1v) is 5.31. The van der Waals surface area contributed by atoms with Gasteiger partial charge in [-0.05, 0) is 43.0 Å². The highest BCUT2D eigenvalue weighted by Gasteiger charge is 2.04. The maximum Gasteiger partial charge on any atom is 0.118 e. The summed E-state index contributed by atoms with van der Waals surface area (Å²) in [5.74, 6) is 0.913. The minimum atomic E-state index is 0.913. The van der Waals surface area contributed by atoms with Gasteiger partial charge in [0.05, 0.1) is 7.11 Å². The summed E-state index contributed by atoms with van der Waals surface area (Å²) in [5.41, 5.74) is 4.07. The second-order valence-corrected chi connectivity index (χ2v) is 3.92. The Hall–Kier alpha value is -1.50. The van der Waals surface area contributed by atoms with Gasteiger partial charge in [0.1, 0.15) is 5.75 Å². The lowest BCUT2D eigenvalue weighted by Gasteiger charge is -2.11. The average Bonchev–Trinajstić information content (AvgIpc) is 2.29. The zero-order valence-electron chi connectivity index (χ0n) is 9.29. The molecule has 0 heterocycles. The molecular weight excluding hydrogens is 184 g/mol. The molecule has 15 heavy (non-hydrogen) atoms. The number of rotatable bonds is 2. The lowest BCUT2D eigenvalue weighted by Crippen LogP contribution is -1.90. The third kappa shape index (κ3) is 2.30. The predicted molar refractivity (Wildman–Crippen MR) is 64.0 cm³/mol. The van der Waals surface area contributed by atoms with Gasteiger partial charge in [0, 0.05) is 0 Å². The van der Waals surface area contributed by atoms with Crippen LogP contribution in [0.1, 0.15) is 25.3 Å². The van der Waals surface area contributed by atoms with Crippen LogP contribution in [0.2, 0.25) is 0 Å². The van der Waals surface area contributed by atoms with E-state index in [2.05, 4.69) is 31.2 Å². The highest BCUT2D eigenvalue weighted by Crippen LogP contribution is 2.26. The Morgan fingerprint density at radius 3 is 2.47 bits per heavy atom. The van der Waals surface area contributed by atoms with E-state index in [1.807, 2.05) is 12.1 Å². The van der Waals surface area contributed by atoms with E-state index < -0.39 is 0 Å². The lowest BCUT2D eigenvalue weighted by atomic mass is 9.95. The van der Waals surface area contributed by atoms with Crippen molar-refractivity contribution in [3.05, 3.63) is 47.6 Å². The van der Waals surface area contributed by atoms with E-state index in [1.54, 1.807) is 7.11 Å². The molecule has 0 unspecified atom stereocenters. The first kappa shape index (κ1) is 10.0. The molecule has 0 bridgehead atoms. The van der Waals surface area contributed by atoms with Crippen LogP contribution in [0, 0.1) is 0 Å². The van der Waals surface area contributed by atoms with E-state index in [0.717, 1.165) is 12.2 Å². The molecule has 1 aliphatic rings. The van der Waals surface area contributed by atoms with Crippen LogP contribution in [0.3, 0.4) is 0 Å². The molecule has 0 fully saturated rings. The van der Waals surface area contributed by atoms with Crippen LogP contribution in [0.5, 0.6) is 5.75 Å². The number of benzene rings is 1. The van der Waals surface area contributed by atoms with Crippen LogP contribution in [-0.4, -0.2) is 7.11 Å². The molecule has 0 aromatic heterocycles. The molecule has 78 valence electrons. The molecule has 0 aliphatic heterocycles. The van der Waals surface area contributed by atoms with Crippen LogP contribution in [0.15, 0.2) is 42.0 Å². The van der Waals surface area contributed by atoms with Gasteiger partial charge in [-0.15, -0.1) is 0 Å². The van der Waals surface area contributed by atoms with Crippen LogP contribution in [0.4, 0.5) is 0 Å². The fraction of sp³-hybridized carbons (Fsp3) is 0.286. The van der Waals surface area contributed by atoms with Gasteiger partial charge in [0.25, 0.3) is 0 Å². The zero-order chi connectivity index (χ0) is 10.7. The second-order valence-electron chi connectivity index (χ2n) is 3.92. The minimum absolute atomic E-state index is 0.913. The van der Waals surface area contributed by atoms with Gasteiger partial charge in [0.15, 0.2) is 0 Å². The normalized spacial score (nSPS) is 15.6. The lowest BCUT2D eigenvalue weighted by molar-refractivity contribution is 0.415. The van der Waals surface area contributed by atoms with E-state index in [1.165, 1.54) is 23.1 Å². The Morgan fingerprint density at radius 2 is 1.87 bits per heavy atom. The Balaban J connectivity index is 2.26. The summed E-state index contributed by atoms with van der Waals surface area (Å²) < 4.78 is 5.14. The van der Waals surface area contributed by atoms with Gasteiger partial charge in [-0.25, -0.2) is 0 Å². The molecule has 0 N–H and O–H groups in total. The first-order chi connectivity index (χ1) is 7.29. The van der Waals surface area contributed by atoms with Crippen molar-refractivity contribution in [3.63, 3.8) is 0 Å². The van der Waals surface area contributed by atoms with Gasteiger partial charge in [-0.2, -0.15) is 0 Å². The van der Waals surface area contributed by atoms with Gasteiger partial charge in [0.2, 0.25) is 0 Å². The third-order valence-corrected chi connectivity index (χ3v) is 2.73. The fourth-order valence-electron chi connectivity index (χ4n) is 1.84. The van der Waals surface area contributed by atoms with E-state index in [9.17, 15) is 0 Å². The van der Waals surface area contributed by atoms with Gasteiger partial charge in [-0.3, -0.25) is 0 Å². The maximum atomic E-state index is 5.14. The van der Waals surface area contributed by atoms with Crippen molar-refractivity contribution in [1.82, 2.24) is 0 Å². The molecule has 1 aromatic carbocycles. The topological polar surface area (TPSA) is 9.23 Å². The molecule has 2 rings (SSSR count). The van der Waals surface area contributed by atoms with Crippen molar-refractivity contribution in [2.45, 2.75) is 19.8 Å². The summed E-state index contributed by atoms with van der Waals surface area (Å²) in [5, 5.41) is 0. The Morgan fingerprint density at radius 1 is 1.13 bits per heavy atom. The van der Waals surface area contributed by atoms with Gasteiger partial charge < -0.3 is 4.74 Å². The van der Waals surface area contributed by atoms with Gasteiger partial charge >= 0.3 is 0 Å². The quantitative estimate of drug-likeness (QED) is 0.705. The van der Waals surface area contributed by atoms with Gasteiger partial charge in [-0.1, -0.05) is 29.9 Å². The zero-order valence-corrected chi connectivity index (χ0v) is 9.29. The largest absolute Gasteiger partial charge is 0.497 e. The molecular formula is C14H16O. The Labute approximate surface area is 91.1 Å². The standard InChI is InChI=1S/C14H16O/c1-11-4-3-5-13(10-11)12-6-8-14(15-2)9-7-12/h5-10H,3-4H2,1-2H3. The van der Waals surface area contributed by atoms with E-state index in [4.69, 9.17) is 4.74 Å². The highest BCUT2D eigenvalue weighted by atomic mass is 16.5. The number of ether oxygens (including phenoxy) is 1. The fourth-order valence-corrected chi connectivity index (χ4v) is 1.84. The summed E-state index contributed by atoms with van der Waals surface area (Å²) in [6, 6.07) is 8.24. The number of allylic oxidation sites excluding steroid dienone is 4. The highest BCUT2D eigenvalue weighted by molar-refractivity contribution is 5.75. The number of methoxy groups -OCH3 is 1. The third-order valence-electron chi connectivity index (χ3n) is 2.73. The van der Waals surface area contributed by atoms with Crippen molar-refractivity contribution >= 4 is 5.57 Å². The van der Waals surface area contributed by atoms with Crippen LogP contribution < -0.4 is 4.74 Å². The SMILES string of the molecule is COc1ccc(C2=CCCC(C)=C2)cc1. The summed E-state index contributed by atoms with van der Waals surface area (Å²) in [6.45, 7) is 2.19. The summed E-state index contributed by atoms with van der Waals surface area (Å²) >= 11 is 0. The number of hydrogen-bond donors (Lipinski definition) is 0. The molecule has 0 atom stereocenters. The predicted octanol–water partition coefficient (Wildman–Crippen LogP) is 3.82. The van der Waals surface area contributed by atoms with Crippen LogP contribution in [0.25, 0.3) is 5.57 Å². The molecule has 1 heteroatoms. The molecule has 0 saturated carbocycles. The smallest absolute Gasteiger partial charge is 0.118 e. The van der Waals surface area contributed by atoms with E-state index >= 15 is 0 Å². The van der Waals surface area contributed by atoms with Crippen molar-refractivity contribution in [2.75, 3.05) is 7.11 Å². The molecule has 0 spiro atoms. The summed E-state index contributed by atoms with van der Waals surface area (Å²) in [6.07, 6.45) is 6.92. The van der Waals surface area contributed by atoms with Crippen molar-refractivity contribution in [1.29, 1.82) is 0 Å². The summed E-state index contributed by atoms with van der Waals surface area (Å²) in [7, 11) is 1.69. The molecule has 1 aromatic rings. The molecule has 0 radical (unpaired) electrons. The molecule has 0 amide bonds. The molecule has 1 aliphatic carbocycles. The Bertz CT molecular complexity index is 396. The Kier molecular flexibility index (Phi) is 2.91. The number of hydrogen-bond acceptors (Lipinski definition) is 1. The average molecular weight is 200 g/mol. The minimum Gasteiger partial charge on any atom is -0.497 e. The maximum absolute atomic E-state index is 5.14. The van der Waals surface area contributed by atoms with Crippen molar-refractivity contribution < 1.29 is 4.74 Å². The van der Waals surface area contributed by atoms with Crippen molar-refractivity contribution in [3.8, 4) is 5.75 Å². The monoisotopic (exact) mass is 200 g/mol. The van der Waals surface area contributed by atoms with E-state index in [-0.39, 0.29) is 0 Å². The van der Waals surface area contributed by atoms with Crippen LogP contribution >= 0.6 is 0 Å². The van der Waals surface area contributed by atoms with Crippen LogP contribution in [-0.2, 0) is 0 Å².